The molecule has 1 unspecified atom stereocenters. The minimum atomic E-state index is -0.788. The highest BCUT2D eigenvalue weighted by atomic mass is 16.6. The molecule has 0 saturated heterocycles. The van der Waals surface area contributed by atoms with Crippen molar-refractivity contribution in [2.45, 2.75) is 361 Å². The number of esters is 3. The van der Waals surface area contributed by atoms with E-state index < -0.39 is 6.10 Å². The van der Waals surface area contributed by atoms with E-state index in [1.54, 1.807) is 0 Å². The zero-order valence-corrected chi connectivity index (χ0v) is 51.5. The number of carbonyl (C=O) groups is 3. The van der Waals surface area contributed by atoms with E-state index in [2.05, 4.69) is 81.5 Å². The molecule has 1 atom stereocenters. The van der Waals surface area contributed by atoms with E-state index >= 15 is 0 Å². The molecule has 0 aromatic rings. The van der Waals surface area contributed by atoms with Gasteiger partial charge in [0.2, 0.25) is 0 Å². The fourth-order valence-corrected chi connectivity index (χ4v) is 9.85. The molecule has 0 aliphatic heterocycles. The summed E-state index contributed by atoms with van der Waals surface area (Å²) >= 11 is 0. The van der Waals surface area contributed by atoms with Crippen LogP contribution < -0.4 is 0 Å². The third kappa shape index (κ3) is 63.8. The maximum Gasteiger partial charge on any atom is 0.306 e. The molecule has 0 spiro atoms. The Balaban J connectivity index is 4.28. The summed E-state index contributed by atoms with van der Waals surface area (Å²) in [5.41, 5.74) is 0. The zero-order chi connectivity index (χ0) is 55.7. The van der Waals surface area contributed by atoms with E-state index in [-0.39, 0.29) is 31.1 Å². The van der Waals surface area contributed by atoms with Gasteiger partial charge in [-0.15, -0.1) is 0 Å². The van der Waals surface area contributed by atoms with E-state index in [9.17, 15) is 14.4 Å². The third-order valence-electron chi connectivity index (χ3n) is 15.0. The molecule has 0 bridgehead atoms. The lowest BCUT2D eigenvalue weighted by molar-refractivity contribution is -0.167. The van der Waals surface area contributed by atoms with E-state index in [1.807, 2.05) is 0 Å². The lowest BCUT2D eigenvalue weighted by atomic mass is 10.0. The Morgan fingerprint density at radius 3 is 0.740 bits per heavy atom. The summed E-state index contributed by atoms with van der Waals surface area (Å²) in [6.07, 6.45) is 83.8. The first-order chi connectivity index (χ1) is 38.0. The van der Waals surface area contributed by atoms with Crippen LogP contribution in [0.5, 0.6) is 0 Å². The summed E-state index contributed by atoms with van der Waals surface area (Å²) in [7, 11) is 0. The van der Waals surface area contributed by atoms with Crippen LogP contribution in [0.15, 0.2) is 60.8 Å². The standard InChI is InChI=1S/C71H128O6/c1-4-7-10-13-16-19-22-25-28-31-32-33-34-35-36-37-38-39-40-41-44-46-49-52-55-58-61-64-70(73)76-67-68(77-71(74)65-62-59-56-53-50-47-43-30-27-24-21-18-15-12-9-6-3)66-75-69(72)63-60-57-54-51-48-45-42-29-26-23-20-17-14-11-8-5-2/h20-21,23-24,29-32,42-43,68H,4-19,22,25-28,33-41,44-67H2,1-3H3/b23-20-,24-21-,32-31-,42-29-,43-30-. The largest absolute Gasteiger partial charge is 0.462 e. The summed E-state index contributed by atoms with van der Waals surface area (Å²) in [5, 5.41) is 0. The van der Waals surface area contributed by atoms with Crippen molar-refractivity contribution in [1.82, 2.24) is 0 Å². The second kappa shape index (κ2) is 65.6. The van der Waals surface area contributed by atoms with E-state index in [0.717, 1.165) is 103 Å². The van der Waals surface area contributed by atoms with Gasteiger partial charge in [-0.1, -0.05) is 287 Å². The maximum absolute atomic E-state index is 12.9. The Morgan fingerprint density at radius 2 is 0.468 bits per heavy atom. The van der Waals surface area contributed by atoms with Crippen molar-refractivity contribution in [1.29, 1.82) is 0 Å². The molecule has 0 fully saturated rings. The lowest BCUT2D eigenvalue weighted by Gasteiger charge is -2.18. The Bertz CT molecular complexity index is 1380. The van der Waals surface area contributed by atoms with E-state index in [4.69, 9.17) is 14.2 Å². The molecule has 77 heavy (non-hydrogen) atoms. The normalized spacial score (nSPS) is 12.4. The second-order valence-corrected chi connectivity index (χ2v) is 22.7. The van der Waals surface area contributed by atoms with Crippen molar-refractivity contribution >= 4 is 17.9 Å². The van der Waals surface area contributed by atoms with Crippen LogP contribution in [-0.2, 0) is 28.6 Å². The van der Waals surface area contributed by atoms with Gasteiger partial charge in [0.25, 0.3) is 0 Å². The highest BCUT2D eigenvalue weighted by Crippen LogP contribution is 2.17. The molecule has 0 rings (SSSR count). The van der Waals surface area contributed by atoms with Crippen LogP contribution in [0.2, 0.25) is 0 Å². The number of ether oxygens (including phenoxy) is 3. The van der Waals surface area contributed by atoms with E-state index in [0.29, 0.717) is 19.3 Å². The molecule has 0 heterocycles. The number of rotatable bonds is 62. The fraction of sp³-hybridized carbons (Fsp3) is 0.817. The molecule has 0 saturated carbocycles. The molecule has 6 nitrogen and oxygen atoms in total. The first-order valence-electron chi connectivity index (χ1n) is 33.8. The van der Waals surface area contributed by atoms with Gasteiger partial charge >= 0.3 is 17.9 Å². The quantitative estimate of drug-likeness (QED) is 0.0261. The number of allylic oxidation sites excluding steroid dienone is 10. The topological polar surface area (TPSA) is 78.9 Å². The van der Waals surface area contributed by atoms with Gasteiger partial charge in [0.1, 0.15) is 13.2 Å². The van der Waals surface area contributed by atoms with Crippen LogP contribution in [0.25, 0.3) is 0 Å². The minimum absolute atomic E-state index is 0.0821. The summed E-state index contributed by atoms with van der Waals surface area (Å²) in [6.45, 7) is 6.63. The van der Waals surface area contributed by atoms with Gasteiger partial charge in [-0.2, -0.15) is 0 Å². The van der Waals surface area contributed by atoms with Gasteiger partial charge in [0.05, 0.1) is 0 Å². The summed E-state index contributed by atoms with van der Waals surface area (Å²) in [4.78, 5) is 38.3. The maximum atomic E-state index is 12.9. The third-order valence-corrected chi connectivity index (χ3v) is 15.0. The molecule has 448 valence electrons. The minimum Gasteiger partial charge on any atom is -0.462 e. The molecule has 0 aromatic heterocycles. The van der Waals surface area contributed by atoms with Gasteiger partial charge < -0.3 is 14.2 Å². The van der Waals surface area contributed by atoms with Gasteiger partial charge in [-0.25, -0.2) is 0 Å². The predicted molar refractivity (Wildman–Crippen MR) is 335 cm³/mol. The van der Waals surface area contributed by atoms with Crippen molar-refractivity contribution < 1.29 is 28.6 Å². The fourth-order valence-electron chi connectivity index (χ4n) is 9.85. The van der Waals surface area contributed by atoms with Crippen molar-refractivity contribution in [2.24, 2.45) is 0 Å². The molecule has 0 aromatic carbocycles. The molecule has 0 N–H and O–H groups in total. The summed E-state index contributed by atoms with van der Waals surface area (Å²) < 4.78 is 16.9. The molecule has 0 aliphatic rings. The Hall–Kier alpha value is -2.89. The number of hydrogen-bond acceptors (Lipinski definition) is 6. The predicted octanol–water partition coefficient (Wildman–Crippen LogP) is 23.1. The lowest BCUT2D eigenvalue weighted by Crippen LogP contribution is -2.30. The first-order valence-corrected chi connectivity index (χ1v) is 33.8. The van der Waals surface area contributed by atoms with Crippen LogP contribution in [0.1, 0.15) is 355 Å². The van der Waals surface area contributed by atoms with Crippen molar-refractivity contribution in [3.8, 4) is 0 Å². The number of hydrogen-bond donors (Lipinski definition) is 0. The zero-order valence-electron chi connectivity index (χ0n) is 51.5. The van der Waals surface area contributed by atoms with Crippen molar-refractivity contribution in [2.75, 3.05) is 13.2 Å². The van der Waals surface area contributed by atoms with Crippen LogP contribution in [0.4, 0.5) is 0 Å². The average molecular weight is 1080 g/mol. The second-order valence-electron chi connectivity index (χ2n) is 22.7. The Kier molecular flexibility index (Phi) is 63.2. The Labute approximate surface area is 479 Å². The SMILES string of the molecule is CCCCCC/C=C\C/C=C\CCCCCCCC(=O)OCC(COC(=O)CCCCCCCCCCCCCCCCC/C=C\CCCCCCCCCC)OC(=O)CCCCCCC/C=C\C/C=C\CCCCCC. The van der Waals surface area contributed by atoms with Crippen LogP contribution in [-0.4, -0.2) is 37.2 Å². The van der Waals surface area contributed by atoms with Crippen LogP contribution in [0.3, 0.4) is 0 Å². The van der Waals surface area contributed by atoms with Crippen LogP contribution in [0, 0.1) is 0 Å². The highest BCUT2D eigenvalue weighted by molar-refractivity contribution is 5.71. The molecule has 0 radical (unpaired) electrons. The molecular weight excluding hydrogens is 949 g/mol. The molecule has 6 heteroatoms. The summed E-state index contributed by atoms with van der Waals surface area (Å²) in [6, 6.07) is 0. The van der Waals surface area contributed by atoms with Gasteiger partial charge in [-0.3, -0.25) is 14.4 Å². The number of unbranched alkanes of at least 4 members (excludes halogenated alkanes) is 41. The van der Waals surface area contributed by atoms with Gasteiger partial charge in [0.15, 0.2) is 6.10 Å². The average Bonchev–Trinajstić information content (AvgIpc) is 3.43. The smallest absolute Gasteiger partial charge is 0.306 e. The molecule has 0 aliphatic carbocycles. The summed E-state index contributed by atoms with van der Waals surface area (Å²) in [5.74, 6) is -0.892. The monoisotopic (exact) mass is 1080 g/mol. The van der Waals surface area contributed by atoms with Crippen molar-refractivity contribution in [3.05, 3.63) is 60.8 Å². The van der Waals surface area contributed by atoms with E-state index in [1.165, 1.54) is 212 Å². The first kappa shape index (κ1) is 74.1. The van der Waals surface area contributed by atoms with Crippen LogP contribution >= 0.6 is 0 Å². The molecule has 0 amide bonds. The molecular formula is C71H128O6. The highest BCUT2D eigenvalue weighted by Gasteiger charge is 2.19. The van der Waals surface area contributed by atoms with Crippen molar-refractivity contribution in [3.63, 3.8) is 0 Å². The van der Waals surface area contributed by atoms with Gasteiger partial charge in [0, 0.05) is 19.3 Å². The Morgan fingerprint density at radius 1 is 0.260 bits per heavy atom. The number of carbonyl (C=O) groups excluding carboxylic acids is 3. The van der Waals surface area contributed by atoms with Gasteiger partial charge in [-0.05, 0) is 109 Å².